The summed E-state index contributed by atoms with van der Waals surface area (Å²) < 4.78 is 5.32. The van der Waals surface area contributed by atoms with Crippen LogP contribution in [-0.4, -0.2) is 25.0 Å². The standard InChI is InChI=1S/C17H20N4O3.HI/c1-18-17(20-12-14-5-3-4-6-16(14)24-2)19-11-13-7-9-15(10-8-13)21(22)23;/h3-10H,11-12H2,1-2H3,(H2,18,19,20);1H. The van der Waals surface area contributed by atoms with E-state index in [1.165, 1.54) is 12.1 Å². The zero-order valence-electron chi connectivity index (χ0n) is 14.1. The number of hydrogen-bond donors (Lipinski definition) is 2. The Labute approximate surface area is 163 Å². The maximum absolute atomic E-state index is 10.6. The molecule has 0 aromatic heterocycles. The molecule has 134 valence electrons. The van der Waals surface area contributed by atoms with Crippen molar-refractivity contribution in [3.05, 3.63) is 69.8 Å². The lowest BCUT2D eigenvalue weighted by atomic mass is 10.2. The van der Waals surface area contributed by atoms with Crippen molar-refractivity contribution < 1.29 is 9.66 Å². The van der Waals surface area contributed by atoms with Gasteiger partial charge in [0.1, 0.15) is 5.75 Å². The zero-order valence-corrected chi connectivity index (χ0v) is 16.4. The molecule has 0 radical (unpaired) electrons. The van der Waals surface area contributed by atoms with Crippen LogP contribution in [0.5, 0.6) is 5.75 Å². The fraction of sp³-hybridized carbons (Fsp3) is 0.235. The third-order valence-corrected chi connectivity index (χ3v) is 3.47. The summed E-state index contributed by atoms with van der Waals surface area (Å²) in [4.78, 5) is 14.4. The van der Waals surface area contributed by atoms with E-state index in [9.17, 15) is 10.1 Å². The van der Waals surface area contributed by atoms with Crippen molar-refractivity contribution in [2.24, 2.45) is 4.99 Å². The number of nitro groups is 1. The van der Waals surface area contributed by atoms with Crippen molar-refractivity contribution in [2.45, 2.75) is 13.1 Å². The number of nitrogens with one attached hydrogen (secondary N) is 2. The lowest BCUT2D eigenvalue weighted by Crippen LogP contribution is -2.36. The number of methoxy groups -OCH3 is 1. The number of nitrogens with zero attached hydrogens (tertiary/aromatic N) is 2. The first-order chi connectivity index (χ1) is 11.6. The van der Waals surface area contributed by atoms with Crippen molar-refractivity contribution in [3.8, 4) is 5.75 Å². The summed E-state index contributed by atoms with van der Waals surface area (Å²) in [6, 6.07) is 14.2. The van der Waals surface area contributed by atoms with Gasteiger partial charge in [0.15, 0.2) is 5.96 Å². The van der Waals surface area contributed by atoms with Crippen LogP contribution in [-0.2, 0) is 13.1 Å². The Morgan fingerprint density at radius 2 is 1.76 bits per heavy atom. The maximum atomic E-state index is 10.6. The minimum Gasteiger partial charge on any atom is -0.496 e. The fourth-order valence-corrected chi connectivity index (χ4v) is 2.17. The molecular weight excluding hydrogens is 435 g/mol. The van der Waals surface area contributed by atoms with Crippen LogP contribution in [0.15, 0.2) is 53.5 Å². The van der Waals surface area contributed by atoms with Crippen LogP contribution in [0.3, 0.4) is 0 Å². The van der Waals surface area contributed by atoms with E-state index in [0.29, 0.717) is 19.0 Å². The normalized spacial score (nSPS) is 10.6. The number of para-hydroxylation sites is 1. The highest BCUT2D eigenvalue weighted by Gasteiger charge is 2.05. The second kappa shape index (κ2) is 10.5. The Balaban J connectivity index is 0.00000312. The van der Waals surface area contributed by atoms with Crippen LogP contribution >= 0.6 is 24.0 Å². The zero-order chi connectivity index (χ0) is 17.4. The summed E-state index contributed by atoms with van der Waals surface area (Å²) in [6.07, 6.45) is 0. The molecule has 0 saturated carbocycles. The lowest BCUT2D eigenvalue weighted by Gasteiger charge is -2.13. The van der Waals surface area contributed by atoms with Crippen LogP contribution in [0.25, 0.3) is 0 Å². The number of benzene rings is 2. The summed E-state index contributed by atoms with van der Waals surface area (Å²) in [6.45, 7) is 1.09. The Morgan fingerprint density at radius 3 is 2.36 bits per heavy atom. The van der Waals surface area contributed by atoms with Gasteiger partial charge in [-0.25, -0.2) is 0 Å². The van der Waals surface area contributed by atoms with E-state index >= 15 is 0 Å². The quantitative estimate of drug-likeness (QED) is 0.229. The molecular formula is C17H21IN4O3. The molecule has 0 atom stereocenters. The molecule has 0 saturated heterocycles. The minimum atomic E-state index is -0.412. The van der Waals surface area contributed by atoms with Crippen LogP contribution in [0.4, 0.5) is 5.69 Å². The topological polar surface area (TPSA) is 88.8 Å². The molecule has 2 N–H and O–H groups in total. The van der Waals surface area contributed by atoms with Crippen molar-refractivity contribution in [2.75, 3.05) is 14.2 Å². The molecule has 25 heavy (non-hydrogen) atoms. The van der Waals surface area contributed by atoms with Gasteiger partial charge in [0.2, 0.25) is 0 Å². The van der Waals surface area contributed by atoms with Crippen molar-refractivity contribution in [1.29, 1.82) is 0 Å². The van der Waals surface area contributed by atoms with Gasteiger partial charge in [-0.1, -0.05) is 30.3 Å². The highest BCUT2D eigenvalue weighted by atomic mass is 127. The molecule has 8 heteroatoms. The molecule has 0 heterocycles. The van der Waals surface area contributed by atoms with E-state index in [-0.39, 0.29) is 29.7 Å². The predicted octanol–water partition coefficient (Wildman–Crippen LogP) is 3.09. The number of non-ortho nitro benzene ring substituents is 1. The maximum Gasteiger partial charge on any atom is 0.269 e. The van der Waals surface area contributed by atoms with Crippen molar-refractivity contribution in [1.82, 2.24) is 10.6 Å². The monoisotopic (exact) mass is 456 g/mol. The molecule has 7 nitrogen and oxygen atoms in total. The highest BCUT2D eigenvalue weighted by Crippen LogP contribution is 2.16. The van der Waals surface area contributed by atoms with Gasteiger partial charge in [0.05, 0.1) is 12.0 Å². The average molecular weight is 456 g/mol. The number of halogens is 1. The summed E-state index contributed by atoms with van der Waals surface area (Å²) >= 11 is 0. The first kappa shape index (κ1) is 20.7. The average Bonchev–Trinajstić information content (AvgIpc) is 2.62. The molecule has 0 amide bonds. The Kier molecular flexibility index (Phi) is 8.68. The fourth-order valence-electron chi connectivity index (χ4n) is 2.17. The van der Waals surface area contributed by atoms with Crippen LogP contribution in [0.2, 0.25) is 0 Å². The Hall–Kier alpha value is -2.36. The summed E-state index contributed by atoms with van der Waals surface area (Å²) in [5.41, 5.74) is 2.04. The van der Waals surface area contributed by atoms with Gasteiger partial charge in [0, 0.05) is 37.8 Å². The van der Waals surface area contributed by atoms with Gasteiger partial charge < -0.3 is 15.4 Å². The number of aliphatic imine (C=N–C) groups is 1. The highest BCUT2D eigenvalue weighted by molar-refractivity contribution is 14.0. The van der Waals surface area contributed by atoms with Gasteiger partial charge >= 0.3 is 0 Å². The van der Waals surface area contributed by atoms with Crippen LogP contribution in [0.1, 0.15) is 11.1 Å². The molecule has 0 bridgehead atoms. The van der Waals surface area contributed by atoms with Crippen LogP contribution in [0, 0.1) is 10.1 Å². The van der Waals surface area contributed by atoms with Gasteiger partial charge in [0.25, 0.3) is 5.69 Å². The third-order valence-electron chi connectivity index (χ3n) is 3.47. The smallest absolute Gasteiger partial charge is 0.269 e. The van der Waals surface area contributed by atoms with E-state index < -0.39 is 4.92 Å². The third kappa shape index (κ3) is 6.22. The van der Waals surface area contributed by atoms with Crippen molar-refractivity contribution >= 4 is 35.6 Å². The Morgan fingerprint density at radius 1 is 1.12 bits per heavy atom. The number of nitro benzene ring substituents is 1. The molecule has 0 unspecified atom stereocenters. The molecule has 0 aliphatic rings. The van der Waals surface area contributed by atoms with Gasteiger partial charge in [-0.2, -0.15) is 0 Å². The van der Waals surface area contributed by atoms with E-state index in [4.69, 9.17) is 4.74 Å². The second-order valence-corrected chi connectivity index (χ2v) is 5.01. The molecule has 0 aliphatic carbocycles. The van der Waals surface area contributed by atoms with Crippen LogP contribution < -0.4 is 15.4 Å². The minimum absolute atomic E-state index is 0. The molecule has 2 rings (SSSR count). The molecule has 0 spiro atoms. The van der Waals surface area contributed by atoms with E-state index in [1.807, 2.05) is 24.3 Å². The Bertz CT molecular complexity index is 720. The largest absolute Gasteiger partial charge is 0.496 e. The number of guanidine groups is 1. The van der Waals surface area contributed by atoms with Gasteiger partial charge in [-0.3, -0.25) is 15.1 Å². The number of hydrogen-bond acceptors (Lipinski definition) is 4. The lowest BCUT2D eigenvalue weighted by molar-refractivity contribution is -0.384. The van der Waals surface area contributed by atoms with Crippen molar-refractivity contribution in [3.63, 3.8) is 0 Å². The molecule has 2 aromatic carbocycles. The number of ether oxygens (including phenoxy) is 1. The summed E-state index contributed by atoms with van der Waals surface area (Å²) in [5.74, 6) is 1.45. The van der Waals surface area contributed by atoms with Gasteiger partial charge in [-0.05, 0) is 11.6 Å². The van der Waals surface area contributed by atoms with Gasteiger partial charge in [-0.15, -0.1) is 24.0 Å². The summed E-state index contributed by atoms with van der Waals surface area (Å²) in [7, 11) is 3.33. The van der Waals surface area contributed by atoms with E-state index in [0.717, 1.165) is 16.9 Å². The number of rotatable bonds is 6. The van der Waals surface area contributed by atoms with E-state index in [1.54, 1.807) is 26.3 Å². The molecule has 2 aromatic rings. The first-order valence-electron chi connectivity index (χ1n) is 7.43. The van der Waals surface area contributed by atoms with E-state index in [2.05, 4.69) is 15.6 Å². The SMILES string of the molecule is CN=C(NCc1ccc([N+](=O)[O-])cc1)NCc1ccccc1OC.I. The molecule has 0 fully saturated rings. The predicted molar refractivity (Wildman–Crippen MR) is 109 cm³/mol. The summed E-state index contributed by atoms with van der Waals surface area (Å²) in [5, 5.41) is 17.0. The molecule has 0 aliphatic heterocycles. The first-order valence-corrected chi connectivity index (χ1v) is 7.43. The second-order valence-electron chi connectivity index (χ2n) is 5.01.